The van der Waals surface area contributed by atoms with E-state index in [0.29, 0.717) is 0 Å². The summed E-state index contributed by atoms with van der Waals surface area (Å²) in [5.41, 5.74) is 7.58. The Labute approximate surface area is 145 Å². The lowest BCUT2D eigenvalue weighted by Crippen LogP contribution is -2.27. The molecule has 1 amide bonds. The Morgan fingerprint density at radius 1 is 1.13 bits per heavy atom. The van der Waals surface area contributed by atoms with Crippen molar-refractivity contribution in [3.8, 4) is 0 Å². The predicted molar refractivity (Wildman–Crippen MR) is 98.9 cm³/mol. The Bertz CT molecular complexity index is 724. The Morgan fingerprint density at radius 2 is 1.83 bits per heavy atom. The number of nitrogens with zero attached hydrogens (tertiary/aromatic N) is 1. The molecule has 0 fully saturated rings. The average molecular weight is 374 g/mol. The van der Waals surface area contributed by atoms with Gasteiger partial charge in [0.15, 0.2) is 0 Å². The number of amides is 1. The van der Waals surface area contributed by atoms with Gasteiger partial charge in [0, 0.05) is 10.2 Å². The lowest BCUT2D eigenvalue weighted by atomic mass is 10.1. The summed E-state index contributed by atoms with van der Waals surface area (Å²) in [6, 6.07) is 13.9. The molecule has 0 aromatic heterocycles. The van der Waals surface area contributed by atoms with Crippen molar-refractivity contribution in [2.24, 2.45) is 5.10 Å². The van der Waals surface area contributed by atoms with Crippen LogP contribution in [-0.4, -0.2) is 18.2 Å². The van der Waals surface area contributed by atoms with Crippen LogP contribution in [0.5, 0.6) is 0 Å². The molecule has 4 nitrogen and oxygen atoms in total. The molecular formula is C18H20BrN3O. The van der Waals surface area contributed by atoms with Gasteiger partial charge in [0.1, 0.15) is 0 Å². The zero-order chi connectivity index (χ0) is 16.8. The number of benzene rings is 2. The van der Waals surface area contributed by atoms with Crippen molar-refractivity contribution < 1.29 is 4.79 Å². The molecular weight excluding hydrogens is 354 g/mol. The highest BCUT2D eigenvalue weighted by molar-refractivity contribution is 9.10. The van der Waals surface area contributed by atoms with Gasteiger partial charge >= 0.3 is 0 Å². The van der Waals surface area contributed by atoms with Crippen molar-refractivity contribution in [1.82, 2.24) is 5.43 Å². The Kier molecular flexibility index (Phi) is 5.93. The molecule has 0 aliphatic heterocycles. The Balaban J connectivity index is 1.89. The van der Waals surface area contributed by atoms with E-state index in [0.717, 1.165) is 27.0 Å². The highest BCUT2D eigenvalue weighted by Crippen LogP contribution is 2.15. The first kappa shape index (κ1) is 17.2. The molecule has 0 saturated heterocycles. The maximum absolute atomic E-state index is 11.9. The van der Waals surface area contributed by atoms with Crippen molar-refractivity contribution in [1.29, 1.82) is 0 Å². The predicted octanol–water partition coefficient (Wildman–Crippen LogP) is 4.02. The first-order chi connectivity index (χ1) is 11.0. The molecule has 0 spiro atoms. The maximum Gasteiger partial charge on any atom is 0.259 e. The van der Waals surface area contributed by atoms with Crippen LogP contribution in [0.3, 0.4) is 0 Å². The van der Waals surface area contributed by atoms with Crippen LogP contribution in [0.25, 0.3) is 0 Å². The van der Waals surface area contributed by atoms with Gasteiger partial charge in [0.2, 0.25) is 0 Å². The third kappa shape index (κ3) is 5.21. The monoisotopic (exact) mass is 373 g/mol. The number of carbonyl (C=O) groups is 1. The molecule has 0 aliphatic carbocycles. The second-order valence-electron chi connectivity index (χ2n) is 5.41. The maximum atomic E-state index is 11.9. The van der Waals surface area contributed by atoms with Crippen molar-refractivity contribution in [2.75, 3.05) is 11.9 Å². The lowest BCUT2D eigenvalue weighted by molar-refractivity contribution is -0.119. The minimum absolute atomic E-state index is 0.179. The van der Waals surface area contributed by atoms with Gasteiger partial charge in [-0.3, -0.25) is 4.79 Å². The zero-order valence-corrected chi connectivity index (χ0v) is 15.1. The molecule has 0 radical (unpaired) electrons. The van der Waals surface area contributed by atoms with E-state index in [9.17, 15) is 4.79 Å². The first-order valence-corrected chi connectivity index (χ1v) is 8.15. The summed E-state index contributed by atoms with van der Waals surface area (Å²) in [7, 11) is 0. The van der Waals surface area contributed by atoms with Crippen molar-refractivity contribution in [3.05, 3.63) is 63.6 Å². The molecule has 0 heterocycles. The van der Waals surface area contributed by atoms with Crippen LogP contribution < -0.4 is 10.7 Å². The Morgan fingerprint density at radius 3 is 2.48 bits per heavy atom. The van der Waals surface area contributed by atoms with Crippen molar-refractivity contribution in [3.63, 3.8) is 0 Å². The number of nitrogens with one attached hydrogen (secondary N) is 2. The normalized spacial score (nSPS) is 11.2. The molecule has 2 N–H and O–H groups in total. The van der Waals surface area contributed by atoms with Crippen molar-refractivity contribution >= 4 is 33.2 Å². The van der Waals surface area contributed by atoms with E-state index in [2.05, 4.69) is 37.8 Å². The van der Waals surface area contributed by atoms with E-state index in [1.165, 1.54) is 5.56 Å². The number of aryl methyl sites for hydroxylation is 2. The fourth-order valence-electron chi connectivity index (χ4n) is 2.13. The second kappa shape index (κ2) is 7.92. The zero-order valence-electron chi connectivity index (χ0n) is 13.5. The summed E-state index contributed by atoms with van der Waals surface area (Å²) in [6.45, 7) is 6.11. The molecule has 2 aromatic rings. The summed E-state index contributed by atoms with van der Waals surface area (Å²) in [5.74, 6) is -0.179. The van der Waals surface area contributed by atoms with Gasteiger partial charge in [0.05, 0.1) is 12.3 Å². The number of anilines is 1. The van der Waals surface area contributed by atoms with Gasteiger partial charge in [-0.1, -0.05) is 45.8 Å². The highest BCUT2D eigenvalue weighted by Gasteiger charge is 2.03. The van der Waals surface area contributed by atoms with Gasteiger partial charge in [-0.2, -0.15) is 5.10 Å². The lowest BCUT2D eigenvalue weighted by Gasteiger charge is -2.09. The Hall–Kier alpha value is -2.14. The van der Waals surface area contributed by atoms with Crippen LogP contribution in [0.2, 0.25) is 0 Å². The van der Waals surface area contributed by atoms with Crippen LogP contribution in [0, 0.1) is 13.8 Å². The van der Waals surface area contributed by atoms with Gasteiger partial charge in [-0.25, -0.2) is 5.43 Å². The number of hydrazone groups is 1. The fraction of sp³-hybridized carbons (Fsp3) is 0.222. The van der Waals surface area contributed by atoms with Gasteiger partial charge in [-0.15, -0.1) is 0 Å². The van der Waals surface area contributed by atoms with Crippen LogP contribution in [0.4, 0.5) is 5.69 Å². The number of halogens is 1. The van der Waals surface area contributed by atoms with Crippen LogP contribution >= 0.6 is 15.9 Å². The second-order valence-corrected chi connectivity index (χ2v) is 6.33. The van der Waals surface area contributed by atoms with Gasteiger partial charge in [0.25, 0.3) is 5.91 Å². The summed E-state index contributed by atoms with van der Waals surface area (Å²) >= 11 is 3.39. The number of carbonyl (C=O) groups excluding carboxylic acids is 1. The van der Waals surface area contributed by atoms with Gasteiger partial charge < -0.3 is 5.32 Å². The minimum Gasteiger partial charge on any atom is -0.376 e. The molecule has 2 rings (SSSR count). The summed E-state index contributed by atoms with van der Waals surface area (Å²) in [4.78, 5) is 11.9. The molecule has 5 heteroatoms. The SMILES string of the molecule is CC(=NNC(=O)CNc1ccc(C)cc1C)c1ccc(Br)cc1. The summed E-state index contributed by atoms with van der Waals surface area (Å²) in [6.07, 6.45) is 0. The molecule has 2 aromatic carbocycles. The number of rotatable bonds is 5. The molecule has 120 valence electrons. The molecule has 0 unspecified atom stereocenters. The van der Waals surface area contributed by atoms with E-state index >= 15 is 0 Å². The summed E-state index contributed by atoms with van der Waals surface area (Å²) in [5, 5.41) is 7.26. The van der Waals surface area contributed by atoms with E-state index < -0.39 is 0 Å². The number of hydrogen-bond acceptors (Lipinski definition) is 3. The minimum atomic E-state index is -0.179. The highest BCUT2D eigenvalue weighted by atomic mass is 79.9. The number of hydrogen-bond donors (Lipinski definition) is 2. The van der Waals surface area contributed by atoms with Crippen LogP contribution in [0.1, 0.15) is 23.6 Å². The van der Waals surface area contributed by atoms with Crippen LogP contribution in [-0.2, 0) is 4.79 Å². The van der Waals surface area contributed by atoms with E-state index in [1.807, 2.05) is 57.2 Å². The smallest absolute Gasteiger partial charge is 0.259 e. The quantitative estimate of drug-likeness (QED) is 0.614. The summed E-state index contributed by atoms with van der Waals surface area (Å²) < 4.78 is 1.01. The van der Waals surface area contributed by atoms with E-state index in [-0.39, 0.29) is 12.5 Å². The third-order valence-electron chi connectivity index (χ3n) is 3.43. The largest absolute Gasteiger partial charge is 0.376 e. The van der Waals surface area contributed by atoms with Gasteiger partial charge in [-0.05, 0) is 50.1 Å². The third-order valence-corrected chi connectivity index (χ3v) is 3.96. The first-order valence-electron chi connectivity index (χ1n) is 7.36. The molecule has 0 bridgehead atoms. The topological polar surface area (TPSA) is 53.5 Å². The molecule has 23 heavy (non-hydrogen) atoms. The van der Waals surface area contributed by atoms with Crippen molar-refractivity contribution in [2.45, 2.75) is 20.8 Å². The molecule has 0 atom stereocenters. The van der Waals surface area contributed by atoms with E-state index in [1.54, 1.807) is 0 Å². The molecule has 0 aliphatic rings. The molecule has 0 saturated carbocycles. The fourth-order valence-corrected chi connectivity index (χ4v) is 2.39. The standard InChI is InChI=1S/C18H20BrN3O/c1-12-4-9-17(13(2)10-12)20-11-18(23)22-21-14(3)15-5-7-16(19)8-6-15/h4-10,20H,11H2,1-3H3,(H,22,23). The van der Waals surface area contributed by atoms with E-state index in [4.69, 9.17) is 0 Å². The average Bonchev–Trinajstić information content (AvgIpc) is 2.52. The van der Waals surface area contributed by atoms with Crippen LogP contribution in [0.15, 0.2) is 52.0 Å².